The standard InChI is InChI=1S/C23H29FN2O/c1-3-18-6-10-20(11-7-18)17(2)25-23(27)21-5-4-14-26(16-21)15-19-8-12-22(24)13-9-19/h6-13,17,21H,3-5,14-16H2,1-2H3,(H,25,27)/t17-,21+/m1/s1. The Kier molecular flexibility index (Phi) is 6.62. The summed E-state index contributed by atoms with van der Waals surface area (Å²) in [6, 6.07) is 15.1. The van der Waals surface area contributed by atoms with Gasteiger partial charge in [0.25, 0.3) is 0 Å². The highest BCUT2D eigenvalue weighted by Gasteiger charge is 2.26. The van der Waals surface area contributed by atoms with E-state index >= 15 is 0 Å². The predicted octanol–water partition coefficient (Wildman–Crippen LogP) is 4.48. The summed E-state index contributed by atoms with van der Waals surface area (Å²) in [4.78, 5) is 15.1. The van der Waals surface area contributed by atoms with Gasteiger partial charge in [-0.2, -0.15) is 0 Å². The van der Waals surface area contributed by atoms with Crippen LogP contribution in [0, 0.1) is 11.7 Å². The van der Waals surface area contributed by atoms with Crippen LogP contribution in [-0.2, 0) is 17.8 Å². The van der Waals surface area contributed by atoms with Crippen molar-refractivity contribution in [2.24, 2.45) is 5.92 Å². The highest BCUT2D eigenvalue weighted by atomic mass is 19.1. The van der Waals surface area contributed by atoms with Crippen LogP contribution in [0.25, 0.3) is 0 Å². The summed E-state index contributed by atoms with van der Waals surface area (Å²) in [5.41, 5.74) is 3.53. The molecule has 3 rings (SSSR count). The Bertz CT molecular complexity index is 742. The Morgan fingerprint density at radius 2 is 1.81 bits per heavy atom. The average Bonchev–Trinajstić information content (AvgIpc) is 2.70. The monoisotopic (exact) mass is 368 g/mol. The number of rotatable bonds is 6. The van der Waals surface area contributed by atoms with Gasteiger partial charge >= 0.3 is 0 Å². The number of likely N-dealkylation sites (tertiary alicyclic amines) is 1. The third kappa shape index (κ3) is 5.39. The third-order valence-electron chi connectivity index (χ3n) is 5.44. The molecule has 1 aliphatic heterocycles. The fraction of sp³-hybridized carbons (Fsp3) is 0.435. The van der Waals surface area contributed by atoms with Gasteiger partial charge < -0.3 is 5.32 Å². The smallest absolute Gasteiger partial charge is 0.224 e. The van der Waals surface area contributed by atoms with E-state index in [1.54, 1.807) is 0 Å². The Balaban J connectivity index is 1.54. The number of carbonyl (C=O) groups excluding carboxylic acids is 1. The number of halogens is 1. The van der Waals surface area contributed by atoms with Crippen molar-refractivity contribution in [3.8, 4) is 0 Å². The highest BCUT2D eigenvalue weighted by Crippen LogP contribution is 2.21. The van der Waals surface area contributed by atoms with Gasteiger partial charge in [-0.25, -0.2) is 4.39 Å². The second-order valence-corrected chi connectivity index (χ2v) is 7.53. The number of benzene rings is 2. The number of nitrogens with one attached hydrogen (secondary N) is 1. The van der Waals surface area contributed by atoms with Crippen molar-refractivity contribution in [1.29, 1.82) is 0 Å². The minimum absolute atomic E-state index is 0.0101. The van der Waals surface area contributed by atoms with Crippen molar-refractivity contribution in [3.63, 3.8) is 0 Å². The summed E-state index contributed by atoms with van der Waals surface area (Å²) in [6.07, 6.45) is 2.96. The van der Waals surface area contributed by atoms with Gasteiger partial charge in [-0.1, -0.05) is 43.3 Å². The van der Waals surface area contributed by atoms with Crippen molar-refractivity contribution in [2.75, 3.05) is 13.1 Å². The molecule has 0 bridgehead atoms. The van der Waals surface area contributed by atoms with Crippen LogP contribution in [0.5, 0.6) is 0 Å². The molecule has 144 valence electrons. The van der Waals surface area contributed by atoms with E-state index < -0.39 is 0 Å². The van der Waals surface area contributed by atoms with Crippen molar-refractivity contribution < 1.29 is 9.18 Å². The first kappa shape index (κ1) is 19.6. The SMILES string of the molecule is CCc1ccc([C@@H](C)NC(=O)[C@H]2CCCN(Cc3ccc(F)cc3)C2)cc1. The first-order chi connectivity index (χ1) is 13.0. The van der Waals surface area contributed by atoms with Crippen molar-refractivity contribution in [2.45, 2.75) is 45.7 Å². The lowest BCUT2D eigenvalue weighted by atomic mass is 9.95. The van der Waals surface area contributed by atoms with Gasteiger partial charge in [-0.3, -0.25) is 9.69 Å². The van der Waals surface area contributed by atoms with E-state index in [1.807, 2.05) is 19.1 Å². The second kappa shape index (κ2) is 9.14. The lowest BCUT2D eigenvalue weighted by Gasteiger charge is -2.32. The molecular weight excluding hydrogens is 339 g/mol. The molecule has 0 aliphatic carbocycles. The number of hydrogen-bond donors (Lipinski definition) is 1. The summed E-state index contributed by atoms with van der Waals surface area (Å²) in [5, 5.41) is 3.18. The highest BCUT2D eigenvalue weighted by molar-refractivity contribution is 5.79. The molecule has 4 heteroatoms. The van der Waals surface area contributed by atoms with Crippen LogP contribution in [0.1, 0.15) is 49.4 Å². The summed E-state index contributed by atoms with van der Waals surface area (Å²) >= 11 is 0. The quantitative estimate of drug-likeness (QED) is 0.815. The molecule has 1 saturated heterocycles. The number of nitrogens with zero attached hydrogens (tertiary/aromatic N) is 1. The Morgan fingerprint density at radius 3 is 2.48 bits per heavy atom. The Labute approximate surface area is 161 Å². The normalized spacial score (nSPS) is 18.9. The molecule has 2 atom stereocenters. The van der Waals surface area contributed by atoms with Crippen LogP contribution in [0.4, 0.5) is 4.39 Å². The van der Waals surface area contributed by atoms with E-state index in [1.165, 1.54) is 17.7 Å². The molecule has 1 fully saturated rings. The largest absolute Gasteiger partial charge is 0.349 e. The summed E-state index contributed by atoms with van der Waals surface area (Å²) in [7, 11) is 0. The van der Waals surface area contributed by atoms with Gasteiger partial charge in [0, 0.05) is 13.1 Å². The number of carbonyl (C=O) groups is 1. The van der Waals surface area contributed by atoms with E-state index in [0.29, 0.717) is 0 Å². The van der Waals surface area contributed by atoms with Gasteiger partial charge in [0.15, 0.2) is 0 Å². The molecule has 0 radical (unpaired) electrons. The summed E-state index contributed by atoms with van der Waals surface area (Å²) < 4.78 is 13.1. The maximum atomic E-state index is 13.1. The first-order valence-corrected chi connectivity index (χ1v) is 9.91. The Morgan fingerprint density at radius 1 is 1.15 bits per heavy atom. The van der Waals surface area contributed by atoms with Crippen LogP contribution < -0.4 is 5.32 Å². The zero-order valence-corrected chi connectivity index (χ0v) is 16.2. The zero-order valence-electron chi connectivity index (χ0n) is 16.2. The maximum Gasteiger partial charge on any atom is 0.224 e. The van der Waals surface area contributed by atoms with Crippen LogP contribution in [0.15, 0.2) is 48.5 Å². The molecule has 0 spiro atoms. The molecule has 1 amide bonds. The van der Waals surface area contributed by atoms with Gasteiger partial charge in [0.2, 0.25) is 5.91 Å². The maximum absolute atomic E-state index is 13.1. The van der Waals surface area contributed by atoms with Crippen LogP contribution in [-0.4, -0.2) is 23.9 Å². The van der Waals surface area contributed by atoms with E-state index in [4.69, 9.17) is 0 Å². The van der Waals surface area contributed by atoms with Crippen molar-refractivity contribution in [3.05, 3.63) is 71.0 Å². The van der Waals surface area contributed by atoms with Crippen LogP contribution >= 0.6 is 0 Å². The zero-order chi connectivity index (χ0) is 19.2. The number of amides is 1. The fourth-order valence-electron chi connectivity index (χ4n) is 3.72. The van der Waals surface area contributed by atoms with Gasteiger partial charge in [-0.15, -0.1) is 0 Å². The van der Waals surface area contributed by atoms with Crippen LogP contribution in [0.3, 0.4) is 0 Å². The minimum Gasteiger partial charge on any atom is -0.349 e. The predicted molar refractivity (Wildman–Crippen MR) is 107 cm³/mol. The minimum atomic E-state index is -0.212. The van der Waals surface area contributed by atoms with E-state index in [9.17, 15) is 9.18 Å². The van der Waals surface area contributed by atoms with Gasteiger partial charge in [0.1, 0.15) is 5.82 Å². The Hall–Kier alpha value is -2.20. The number of hydrogen-bond acceptors (Lipinski definition) is 2. The van der Waals surface area contributed by atoms with Crippen molar-refractivity contribution >= 4 is 5.91 Å². The van der Waals surface area contributed by atoms with E-state index in [2.05, 4.69) is 41.4 Å². The van der Waals surface area contributed by atoms with Crippen molar-refractivity contribution in [1.82, 2.24) is 10.2 Å². The third-order valence-corrected chi connectivity index (χ3v) is 5.44. The van der Waals surface area contributed by atoms with E-state index in [0.717, 1.165) is 50.0 Å². The molecule has 1 heterocycles. The average molecular weight is 368 g/mol. The molecule has 2 aromatic rings. The number of aryl methyl sites for hydroxylation is 1. The van der Waals surface area contributed by atoms with Crippen LogP contribution in [0.2, 0.25) is 0 Å². The summed E-state index contributed by atoms with van der Waals surface area (Å²) in [5.74, 6) is -0.0713. The molecule has 2 aromatic carbocycles. The molecule has 1 N–H and O–H groups in total. The lowest BCUT2D eigenvalue weighted by molar-refractivity contribution is -0.127. The van der Waals surface area contributed by atoms with Gasteiger partial charge in [-0.05, 0) is 61.6 Å². The number of piperidine rings is 1. The van der Waals surface area contributed by atoms with E-state index in [-0.39, 0.29) is 23.7 Å². The molecule has 27 heavy (non-hydrogen) atoms. The first-order valence-electron chi connectivity index (χ1n) is 9.91. The topological polar surface area (TPSA) is 32.3 Å². The second-order valence-electron chi connectivity index (χ2n) is 7.53. The molecule has 1 aliphatic rings. The lowest BCUT2D eigenvalue weighted by Crippen LogP contribution is -2.43. The van der Waals surface area contributed by atoms with Gasteiger partial charge in [0.05, 0.1) is 12.0 Å². The molecule has 0 saturated carbocycles. The molecular formula is C23H29FN2O. The summed E-state index contributed by atoms with van der Waals surface area (Å²) in [6.45, 7) is 6.68. The molecule has 0 aromatic heterocycles. The molecule has 0 unspecified atom stereocenters. The fourth-order valence-corrected chi connectivity index (χ4v) is 3.72. The molecule has 3 nitrogen and oxygen atoms in total.